The van der Waals surface area contributed by atoms with Gasteiger partial charge in [-0.1, -0.05) is 65.7 Å². The van der Waals surface area contributed by atoms with Crippen molar-refractivity contribution in [3.05, 3.63) is 0 Å². The Kier molecular flexibility index (Phi) is 14.3. The van der Waals surface area contributed by atoms with Crippen LogP contribution in [0.2, 0.25) is 1.41 Å². The maximum atomic E-state index is 13.1. The largest absolute Gasteiger partial charge is 0.351 e. The lowest BCUT2D eigenvalue weighted by Crippen LogP contribution is -2.56. The van der Waals surface area contributed by atoms with Gasteiger partial charge in [0.15, 0.2) is 1.41 Å². The number of carbonyl (C=O) groups is 4. The highest BCUT2D eigenvalue weighted by molar-refractivity contribution is 5.94. The minimum absolute atomic E-state index is 0.0472. The molecule has 1 heterocycles. The summed E-state index contributed by atoms with van der Waals surface area (Å²) in [6.07, 6.45) is 10.0. The van der Waals surface area contributed by atoms with Gasteiger partial charge in [0.05, 0.1) is 6.54 Å². The smallest absolute Gasteiger partial charge is 0.243 e. The topological polar surface area (TPSA) is 142 Å². The molecule has 3 atom stereocenters. The molecule has 9 nitrogen and oxygen atoms in total. The van der Waals surface area contributed by atoms with Crippen LogP contribution in [-0.2, 0) is 19.2 Å². The fraction of sp³-hybridized carbons (Fsp3) is 0.840. The lowest BCUT2D eigenvalue weighted by atomic mass is 9.99. The van der Waals surface area contributed by atoms with Crippen LogP contribution in [0.5, 0.6) is 0 Å². The summed E-state index contributed by atoms with van der Waals surface area (Å²) in [4.78, 5) is 51.3. The van der Waals surface area contributed by atoms with E-state index in [0.717, 1.165) is 19.3 Å². The van der Waals surface area contributed by atoms with Gasteiger partial charge in [-0.25, -0.2) is 0 Å². The van der Waals surface area contributed by atoms with E-state index in [1.807, 2.05) is 13.8 Å². The van der Waals surface area contributed by atoms with Gasteiger partial charge in [-0.3, -0.25) is 19.2 Å². The molecule has 4 amide bonds. The van der Waals surface area contributed by atoms with Crippen LogP contribution in [0.4, 0.5) is 0 Å². The van der Waals surface area contributed by atoms with Crippen molar-refractivity contribution >= 4 is 23.6 Å². The van der Waals surface area contributed by atoms with Crippen LogP contribution >= 0.6 is 0 Å². The molecule has 34 heavy (non-hydrogen) atoms. The lowest BCUT2D eigenvalue weighted by molar-refractivity contribution is -0.133. The van der Waals surface area contributed by atoms with Crippen molar-refractivity contribution in [1.82, 2.24) is 21.3 Å². The fourth-order valence-corrected chi connectivity index (χ4v) is 4.07. The Morgan fingerprint density at radius 3 is 2.18 bits per heavy atom. The Labute approximate surface area is 206 Å². The summed E-state index contributed by atoms with van der Waals surface area (Å²) < 4.78 is 8.23. The Morgan fingerprint density at radius 1 is 0.882 bits per heavy atom. The van der Waals surface area contributed by atoms with E-state index in [9.17, 15) is 19.2 Å². The van der Waals surface area contributed by atoms with Crippen LogP contribution in [0, 0.1) is 5.92 Å². The molecule has 1 saturated heterocycles. The second kappa shape index (κ2) is 17.3. The van der Waals surface area contributed by atoms with Crippen LogP contribution in [0.3, 0.4) is 0 Å². The van der Waals surface area contributed by atoms with E-state index in [0.29, 0.717) is 31.1 Å². The second-order valence-corrected chi connectivity index (χ2v) is 9.65. The molecule has 6 N–H and O–H groups in total. The fourth-order valence-electron chi connectivity index (χ4n) is 4.07. The molecular formula is C25H47N5O4. The number of nitrogens with two attached hydrogens (primary N) is 1. The first-order chi connectivity index (χ1) is 16.7. The zero-order chi connectivity index (χ0) is 26.2. The van der Waals surface area contributed by atoms with E-state index in [1.54, 1.807) is 0 Å². The van der Waals surface area contributed by atoms with Gasteiger partial charge in [0.25, 0.3) is 0 Å². The van der Waals surface area contributed by atoms with Gasteiger partial charge >= 0.3 is 0 Å². The molecule has 0 bridgehead atoms. The second-order valence-electron chi connectivity index (χ2n) is 9.65. The number of hydrogen-bond acceptors (Lipinski definition) is 5. The van der Waals surface area contributed by atoms with E-state index in [-0.39, 0.29) is 43.2 Å². The summed E-state index contributed by atoms with van der Waals surface area (Å²) >= 11 is 0. The average molecular weight is 483 g/mol. The van der Waals surface area contributed by atoms with E-state index < -0.39 is 23.9 Å². The van der Waals surface area contributed by atoms with Crippen molar-refractivity contribution < 1.29 is 20.6 Å². The zero-order valence-corrected chi connectivity index (χ0v) is 21.4. The zero-order valence-electron chi connectivity index (χ0n) is 22.4. The Hall–Kier alpha value is -2.16. The molecule has 0 unspecified atom stereocenters. The van der Waals surface area contributed by atoms with Gasteiger partial charge in [-0.05, 0) is 38.1 Å². The Bertz CT molecular complexity index is 676. The van der Waals surface area contributed by atoms with E-state index in [1.165, 1.54) is 25.7 Å². The van der Waals surface area contributed by atoms with E-state index >= 15 is 0 Å². The number of carbonyl (C=O) groups excluding carboxylic acids is 4. The van der Waals surface area contributed by atoms with Crippen molar-refractivity contribution in [2.45, 2.75) is 116 Å². The summed E-state index contributed by atoms with van der Waals surface area (Å²) in [5.41, 5.74) is 5.55. The predicted octanol–water partition coefficient (Wildman–Crippen LogP) is 1.89. The summed E-state index contributed by atoms with van der Waals surface area (Å²) in [5.74, 6) is -2.14. The summed E-state index contributed by atoms with van der Waals surface area (Å²) in [7, 11) is 0. The monoisotopic (exact) mass is 482 g/mol. The number of nitrogens with one attached hydrogen (secondary N) is 4. The molecule has 1 aliphatic rings. The highest BCUT2D eigenvalue weighted by Crippen LogP contribution is 2.13. The number of hydrogen-bond donors (Lipinski definition) is 5. The van der Waals surface area contributed by atoms with Crippen molar-refractivity contribution in [3.8, 4) is 0 Å². The van der Waals surface area contributed by atoms with Crippen molar-refractivity contribution in [2.75, 3.05) is 13.1 Å². The van der Waals surface area contributed by atoms with Crippen molar-refractivity contribution in [1.29, 1.82) is 0 Å². The number of amides is 4. The molecule has 9 heteroatoms. The molecule has 1 fully saturated rings. The van der Waals surface area contributed by atoms with Crippen LogP contribution < -0.4 is 27.0 Å². The van der Waals surface area contributed by atoms with Gasteiger partial charge in [-0.2, -0.15) is 0 Å². The molecule has 0 aliphatic carbocycles. The summed E-state index contributed by atoms with van der Waals surface area (Å²) in [6.45, 7) is 5.91. The van der Waals surface area contributed by atoms with Gasteiger partial charge in [0.1, 0.15) is 12.1 Å². The predicted molar refractivity (Wildman–Crippen MR) is 134 cm³/mol. The van der Waals surface area contributed by atoms with Crippen LogP contribution in [0.15, 0.2) is 0 Å². The third-order valence-corrected chi connectivity index (χ3v) is 6.15. The normalized spacial score (nSPS) is 23.4. The summed E-state index contributed by atoms with van der Waals surface area (Å²) in [5, 5.41) is 8.90. The number of unbranched alkanes of at least 4 members (excludes halogenated alkanes) is 7. The minimum Gasteiger partial charge on any atom is -0.351 e. The number of rotatable bonds is 13. The average Bonchev–Trinajstić information content (AvgIpc) is 2.82. The molecule has 1 aliphatic heterocycles. The molecule has 196 valence electrons. The van der Waals surface area contributed by atoms with Gasteiger partial charge in [0.2, 0.25) is 23.6 Å². The standard InChI is InChI=1S/C25H47N5O4/c1-4-5-6-7-8-9-10-13-19-16-21(31)27-17-22(32)29-20(14-11-12-15-26)24(33)30-23(18(2)3)25(34)28-19/h18-20,23H,4-17,26H2,1-3H3,(H,27,31)(H,28,34)(H,29,32)(H,30,33)/t19-,20-,23-/m0/s1/i/hD. The molecule has 0 aromatic rings. The maximum Gasteiger partial charge on any atom is 0.243 e. The van der Waals surface area contributed by atoms with Crippen molar-refractivity contribution in [2.24, 2.45) is 11.7 Å². The molecule has 0 aromatic heterocycles. The first-order valence-electron chi connectivity index (χ1n) is 13.5. The van der Waals surface area contributed by atoms with Crippen LogP contribution in [0.25, 0.3) is 0 Å². The first-order valence-corrected chi connectivity index (χ1v) is 13.1. The minimum atomic E-state index is -1.07. The molecule has 0 saturated carbocycles. The quantitative estimate of drug-likeness (QED) is 0.255. The van der Waals surface area contributed by atoms with E-state index in [2.05, 4.69) is 22.9 Å². The lowest BCUT2D eigenvalue weighted by Gasteiger charge is -2.27. The molecule has 0 radical (unpaired) electrons. The Balaban J connectivity index is 2.95. The third-order valence-electron chi connectivity index (χ3n) is 6.15. The SMILES string of the molecule is [2H]N1C(=O)CNC(=O)C[C@H](CCCCCCCCC)NC(=O)[C@H](C(C)C)NC(=O)[C@@H]1CCCCN. The van der Waals surface area contributed by atoms with E-state index in [4.69, 9.17) is 7.15 Å². The van der Waals surface area contributed by atoms with Gasteiger partial charge in [-0.15, -0.1) is 0 Å². The maximum absolute atomic E-state index is 13.1. The molecule has 1 rings (SSSR count). The molecule has 0 aromatic carbocycles. The Morgan fingerprint density at radius 2 is 1.53 bits per heavy atom. The van der Waals surface area contributed by atoms with Crippen LogP contribution in [0.1, 0.15) is 97.8 Å². The third kappa shape index (κ3) is 12.3. The molecule has 0 spiro atoms. The van der Waals surface area contributed by atoms with Gasteiger partial charge in [0, 0.05) is 12.5 Å². The highest BCUT2D eigenvalue weighted by Gasteiger charge is 2.30. The van der Waals surface area contributed by atoms with Gasteiger partial charge < -0.3 is 27.0 Å². The first kappa shape index (κ1) is 28.1. The van der Waals surface area contributed by atoms with Crippen molar-refractivity contribution in [3.63, 3.8) is 0 Å². The molecular weight excluding hydrogens is 434 g/mol. The summed E-state index contributed by atoms with van der Waals surface area (Å²) in [6, 6.07) is -2.28. The van der Waals surface area contributed by atoms with Crippen LogP contribution in [-0.4, -0.2) is 54.8 Å². The highest BCUT2D eigenvalue weighted by atomic mass is 16.2.